The van der Waals surface area contributed by atoms with E-state index < -0.39 is 11.8 Å². The lowest BCUT2D eigenvalue weighted by Gasteiger charge is -2.22. The molecule has 0 heterocycles. The fourth-order valence-electron chi connectivity index (χ4n) is 3.87. The molecule has 0 aromatic heterocycles. The summed E-state index contributed by atoms with van der Waals surface area (Å²) in [5.74, 6) is -0.473. The first-order chi connectivity index (χ1) is 14.5. The number of hydrogen-bond acceptors (Lipinski definition) is 4. The summed E-state index contributed by atoms with van der Waals surface area (Å²) in [4.78, 5) is 11.4. The van der Waals surface area contributed by atoms with Crippen molar-refractivity contribution in [2.24, 2.45) is 0 Å². The third kappa shape index (κ3) is 5.28. The summed E-state index contributed by atoms with van der Waals surface area (Å²) in [5.41, 5.74) is 3.12. The zero-order valence-corrected chi connectivity index (χ0v) is 17.5. The normalized spacial score (nSPS) is 14.4. The lowest BCUT2D eigenvalue weighted by atomic mass is 9.83. The summed E-state index contributed by atoms with van der Waals surface area (Å²) in [6.07, 6.45) is 6.28. The van der Waals surface area contributed by atoms with Gasteiger partial charge < -0.3 is 14.6 Å². The summed E-state index contributed by atoms with van der Waals surface area (Å²) in [7, 11) is 0. The molecule has 0 amide bonds. The Balaban J connectivity index is 1.74. The lowest BCUT2D eigenvalue weighted by Crippen LogP contribution is -2.13. The second kappa shape index (κ2) is 10.4. The van der Waals surface area contributed by atoms with Crippen LogP contribution in [0.3, 0.4) is 0 Å². The van der Waals surface area contributed by atoms with Gasteiger partial charge in [-0.3, -0.25) is 0 Å². The van der Waals surface area contributed by atoms with Gasteiger partial charge in [-0.15, -0.1) is 0 Å². The van der Waals surface area contributed by atoms with E-state index in [1.165, 1.54) is 37.7 Å². The molecule has 0 saturated heterocycles. The fourth-order valence-corrected chi connectivity index (χ4v) is 3.87. The van der Waals surface area contributed by atoms with Gasteiger partial charge in [-0.25, -0.2) is 9.18 Å². The number of hydrogen-bond donors (Lipinski definition) is 1. The standard InChI is InChI=1S/C25H29FO4/c1-17(2)25(28)30-15-14-29-24-21(16-27)12-13-22(23(24)26)20-10-8-19(9-11-20)18-6-4-3-5-7-18/h8-13,18,27H,1,3-7,14-16H2,2H3. The molecule has 0 unspecified atom stereocenters. The average molecular weight is 413 g/mol. The third-order valence-electron chi connectivity index (χ3n) is 5.56. The first kappa shape index (κ1) is 22.0. The van der Waals surface area contributed by atoms with Gasteiger partial charge in [-0.05, 0) is 36.8 Å². The van der Waals surface area contributed by atoms with E-state index in [4.69, 9.17) is 9.47 Å². The van der Waals surface area contributed by atoms with E-state index in [-0.39, 0.29) is 31.1 Å². The summed E-state index contributed by atoms with van der Waals surface area (Å²) in [6.45, 7) is 4.66. The number of aliphatic hydroxyl groups is 1. The van der Waals surface area contributed by atoms with Crippen molar-refractivity contribution in [3.8, 4) is 16.9 Å². The van der Waals surface area contributed by atoms with Crippen LogP contribution in [0.2, 0.25) is 0 Å². The van der Waals surface area contributed by atoms with Gasteiger partial charge >= 0.3 is 5.97 Å². The van der Waals surface area contributed by atoms with Crippen LogP contribution in [0, 0.1) is 5.82 Å². The van der Waals surface area contributed by atoms with Crippen LogP contribution in [-0.4, -0.2) is 24.3 Å². The maximum Gasteiger partial charge on any atom is 0.333 e. The molecule has 2 aromatic rings. The van der Waals surface area contributed by atoms with Crippen LogP contribution in [0.4, 0.5) is 4.39 Å². The highest BCUT2D eigenvalue weighted by atomic mass is 19.1. The second-order valence-corrected chi connectivity index (χ2v) is 7.80. The van der Waals surface area contributed by atoms with E-state index in [2.05, 4.69) is 18.7 Å². The van der Waals surface area contributed by atoms with Gasteiger partial charge in [0.15, 0.2) is 11.6 Å². The monoisotopic (exact) mass is 412 g/mol. The Kier molecular flexibility index (Phi) is 7.63. The molecule has 0 spiro atoms. The highest BCUT2D eigenvalue weighted by molar-refractivity contribution is 5.86. The van der Waals surface area contributed by atoms with Crippen LogP contribution < -0.4 is 4.74 Å². The highest BCUT2D eigenvalue weighted by Crippen LogP contribution is 2.36. The van der Waals surface area contributed by atoms with Gasteiger partial charge in [0.05, 0.1) is 6.61 Å². The molecule has 0 radical (unpaired) electrons. The lowest BCUT2D eigenvalue weighted by molar-refractivity contribution is -0.139. The number of carbonyl (C=O) groups is 1. The van der Waals surface area contributed by atoms with E-state index in [1.807, 2.05) is 12.1 Å². The predicted molar refractivity (Wildman–Crippen MR) is 115 cm³/mol. The summed E-state index contributed by atoms with van der Waals surface area (Å²) < 4.78 is 25.7. The van der Waals surface area contributed by atoms with Crippen molar-refractivity contribution in [3.05, 3.63) is 65.5 Å². The van der Waals surface area contributed by atoms with Gasteiger partial charge in [-0.2, -0.15) is 0 Å². The predicted octanol–water partition coefficient (Wildman–Crippen LogP) is 5.53. The Hall–Kier alpha value is -2.66. The van der Waals surface area contributed by atoms with Gasteiger partial charge in [-0.1, -0.05) is 62.2 Å². The molecule has 0 atom stereocenters. The largest absolute Gasteiger partial charge is 0.487 e. The summed E-state index contributed by atoms with van der Waals surface area (Å²) in [5, 5.41) is 9.56. The quantitative estimate of drug-likeness (QED) is 0.352. The molecule has 1 aliphatic carbocycles. The Morgan fingerprint density at radius 3 is 2.43 bits per heavy atom. The topological polar surface area (TPSA) is 55.8 Å². The first-order valence-corrected chi connectivity index (χ1v) is 10.5. The molecule has 5 heteroatoms. The van der Waals surface area contributed by atoms with Crippen LogP contribution in [0.15, 0.2) is 48.6 Å². The average Bonchev–Trinajstić information content (AvgIpc) is 2.78. The molecule has 160 valence electrons. The number of halogens is 1. The summed E-state index contributed by atoms with van der Waals surface area (Å²) >= 11 is 0. The van der Waals surface area contributed by atoms with Crippen molar-refractivity contribution in [2.45, 2.75) is 51.6 Å². The number of ether oxygens (including phenoxy) is 2. The van der Waals surface area contributed by atoms with Crippen LogP contribution >= 0.6 is 0 Å². The molecule has 4 nitrogen and oxygen atoms in total. The van der Waals surface area contributed by atoms with Gasteiger partial charge in [0, 0.05) is 16.7 Å². The number of carbonyl (C=O) groups excluding carboxylic acids is 1. The number of esters is 1. The molecule has 0 aliphatic heterocycles. The van der Waals surface area contributed by atoms with E-state index in [1.54, 1.807) is 19.1 Å². The number of aliphatic hydroxyl groups excluding tert-OH is 1. The van der Waals surface area contributed by atoms with E-state index in [0.717, 1.165) is 5.56 Å². The van der Waals surface area contributed by atoms with E-state index in [0.29, 0.717) is 17.0 Å². The second-order valence-electron chi connectivity index (χ2n) is 7.80. The van der Waals surface area contributed by atoms with Crippen LogP contribution in [0.25, 0.3) is 11.1 Å². The van der Waals surface area contributed by atoms with Gasteiger partial charge in [0.25, 0.3) is 0 Å². The number of benzene rings is 2. The Morgan fingerprint density at radius 1 is 1.10 bits per heavy atom. The van der Waals surface area contributed by atoms with Crippen LogP contribution in [0.5, 0.6) is 5.75 Å². The van der Waals surface area contributed by atoms with Crippen molar-refractivity contribution >= 4 is 5.97 Å². The molecule has 1 fully saturated rings. The minimum atomic E-state index is -0.529. The number of rotatable bonds is 8. The molecule has 1 aliphatic rings. The zero-order chi connectivity index (χ0) is 21.5. The Labute approximate surface area is 177 Å². The molecule has 2 aromatic carbocycles. The van der Waals surface area contributed by atoms with Crippen molar-refractivity contribution in [1.29, 1.82) is 0 Å². The van der Waals surface area contributed by atoms with Crippen molar-refractivity contribution in [2.75, 3.05) is 13.2 Å². The zero-order valence-electron chi connectivity index (χ0n) is 17.5. The van der Waals surface area contributed by atoms with Crippen molar-refractivity contribution < 1.29 is 23.8 Å². The minimum absolute atomic E-state index is 0.0160. The maximum absolute atomic E-state index is 15.2. The maximum atomic E-state index is 15.2. The highest BCUT2D eigenvalue weighted by Gasteiger charge is 2.18. The molecule has 3 rings (SSSR count). The van der Waals surface area contributed by atoms with E-state index >= 15 is 4.39 Å². The van der Waals surface area contributed by atoms with Crippen molar-refractivity contribution in [3.63, 3.8) is 0 Å². The molecule has 30 heavy (non-hydrogen) atoms. The van der Waals surface area contributed by atoms with E-state index in [9.17, 15) is 9.90 Å². The van der Waals surface area contributed by atoms with Gasteiger partial charge in [0.2, 0.25) is 0 Å². The Morgan fingerprint density at radius 2 is 1.80 bits per heavy atom. The third-order valence-corrected chi connectivity index (χ3v) is 5.56. The SMILES string of the molecule is C=C(C)C(=O)OCCOc1c(CO)ccc(-c2ccc(C3CCCCC3)cc2)c1F. The molecule has 1 N–H and O–H groups in total. The fraction of sp³-hybridized carbons (Fsp3) is 0.400. The van der Waals surface area contributed by atoms with Crippen LogP contribution in [0.1, 0.15) is 56.1 Å². The van der Waals surface area contributed by atoms with Crippen LogP contribution in [-0.2, 0) is 16.1 Å². The van der Waals surface area contributed by atoms with Gasteiger partial charge in [0.1, 0.15) is 13.2 Å². The molecular weight excluding hydrogens is 383 g/mol. The molecule has 1 saturated carbocycles. The molecular formula is C25H29FO4. The minimum Gasteiger partial charge on any atom is -0.487 e. The summed E-state index contributed by atoms with van der Waals surface area (Å²) in [6, 6.07) is 11.4. The first-order valence-electron chi connectivity index (χ1n) is 10.5. The van der Waals surface area contributed by atoms with Crippen molar-refractivity contribution in [1.82, 2.24) is 0 Å². The molecule has 0 bridgehead atoms. The Bertz CT molecular complexity index is 883. The smallest absolute Gasteiger partial charge is 0.333 e.